The third-order valence-electron chi connectivity index (χ3n) is 8.50. The third kappa shape index (κ3) is 6.22. The van der Waals surface area contributed by atoms with Gasteiger partial charge in [0.2, 0.25) is 11.8 Å². The topological polar surface area (TPSA) is 75.2 Å². The number of carbonyl (C=O) groups is 2. The molecule has 1 aromatic heterocycles. The Bertz CT molecular complexity index is 1380. The molecule has 2 aromatic carbocycles. The molecule has 6 rings (SSSR count). The standard InChI is InChI=1S/C33H38N4O4/c1-24(38)36-16-14-28-11-12-29(37(28)22-27-8-4-5-15-34-27)23-35(21-26-7-2-3-9-30(26)36)33(39)20-25-10-13-31-32(19-25)41-18-6-17-40-31/h2-5,7-10,13,15,19,28-29H,6,11-12,14,16-18,20-23H2,1H3/t28-,29+/m0/s1. The number of rotatable bonds is 4. The minimum Gasteiger partial charge on any atom is -0.490 e. The van der Waals surface area contributed by atoms with Gasteiger partial charge in [0.25, 0.3) is 0 Å². The summed E-state index contributed by atoms with van der Waals surface area (Å²) in [6, 6.07) is 20.4. The molecule has 0 spiro atoms. The Morgan fingerprint density at radius 1 is 0.927 bits per heavy atom. The highest BCUT2D eigenvalue weighted by Crippen LogP contribution is 2.34. The van der Waals surface area contributed by atoms with E-state index in [0.29, 0.717) is 44.6 Å². The lowest BCUT2D eigenvalue weighted by Crippen LogP contribution is -2.45. The maximum Gasteiger partial charge on any atom is 0.227 e. The zero-order chi connectivity index (χ0) is 28.2. The van der Waals surface area contributed by atoms with E-state index in [9.17, 15) is 9.59 Å². The van der Waals surface area contributed by atoms with Gasteiger partial charge in [-0.3, -0.25) is 19.5 Å². The molecule has 0 unspecified atom stereocenters. The Morgan fingerprint density at radius 2 is 1.73 bits per heavy atom. The molecular weight excluding hydrogens is 516 g/mol. The lowest BCUT2D eigenvalue weighted by Gasteiger charge is -2.33. The molecule has 2 bridgehead atoms. The van der Waals surface area contributed by atoms with Gasteiger partial charge in [0.05, 0.1) is 25.3 Å². The first-order chi connectivity index (χ1) is 20.0. The molecule has 0 aliphatic carbocycles. The van der Waals surface area contributed by atoms with E-state index in [1.165, 1.54) is 0 Å². The number of hydrogen-bond donors (Lipinski definition) is 0. The molecule has 2 amide bonds. The minimum absolute atomic E-state index is 0.0209. The minimum atomic E-state index is 0.0209. The molecule has 1 saturated heterocycles. The SMILES string of the molecule is CC(=O)N1CC[C@@H]2CC[C@H](CN(C(=O)Cc3ccc4c(c3)OCCCO4)Cc3ccccc31)N2Cc1ccccn1. The predicted octanol–water partition coefficient (Wildman–Crippen LogP) is 4.60. The largest absolute Gasteiger partial charge is 0.490 e. The number of ether oxygens (including phenoxy) is 2. The monoisotopic (exact) mass is 554 g/mol. The smallest absolute Gasteiger partial charge is 0.227 e. The third-order valence-corrected chi connectivity index (χ3v) is 8.50. The van der Waals surface area contributed by atoms with Crippen LogP contribution in [-0.2, 0) is 29.1 Å². The van der Waals surface area contributed by atoms with Crippen LogP contribution in [0.15, 0.2) is 66.9 Å². The highest BCUT2D eigenvalue weighted by molar-refractivity contribution is 5.92. The van der Waals surface area contributed by atoms with E-state index in [1.54, 1.807) is 6.92 Å². The second-order valence-electron chi connectivity index (χ2n) is 11.2. The van der Waals surface area contributed by atoms with E-state index < -0.39 is 0 Å². The van der Waals surface area contributed by atoms with Crippen molar-refractivity contribution in [3.8, 4) is 11.5 Å². The number of benzene rings is 2. The van der Waals surface area contributed by atoms with Crippen LogP contribution in [0.4, 0.5) is 5.69 Å². The van der Waals surface area contributed by atoms with Crippen molar-refractivity contribution in [3.63, 3.8) is 0 Å². The molecule has 0 N–H and O–H groups in total. The number of aromatic nitrogens is 1. The molecule has 0 radical (unpaired) electrons. The van der Waals surface area contributed by atoms with E-state index in [-0.39, 0.29) is 24.3 Å². The number of hydrogen-bond acceptors (Lipinski definition) is 6. The van der Waals surface area contributed by atoms with Gasteiger partial charge in [0.1, 0.15) is 0 Å². The van der Waals surface area contributed by atoms with Gasteiger partial charge in [-0.25, -0.2) is 0 Å². The molecule has 3 aromatic rings. The molecule has 0 saturated carbocycles. The van der Waals surface area contributed by atoms with Gasteiger partial charge in [-0.05, 0) is 60.7 Å². The normalized spacial score (nSPS) is 21.0. The molecule has 3 aliphatic heterocycles. The van der Waals surface area contributed by atoms with Crippen molar-refractivity contribution in [3.05, 3.63) is 83.7 Å². The summed E-state index contributed by atoms with van der Waals surface area (Å²) in [5, 5.41) is 0. The van der Waals surface area contributed by atoms with Crippen molar-refractivity contribution in [2.45, 2.75) is 64.2 Å². The molecule has 41 heavy (non-hydrogen) atoms. The summed E-state index contributed by atoms with van der Waals surface area (Å²) in [4.78, 5) is 37.9. The van der Waals surface area contributed by atoms with Crippen molar-refractivity contribution >= 4 is 17.5 Å². The Balaban J connectivity index is 1.32. The highest BCUT2D eigenvalue weighted by Gasteiger charge is 2.37. The number of fused-ring (bicyclic) bond motifs is 4. The van der Waals surface area contributed by atoms with E-state index >= 15 is 0 Å². The molecule has 3 aliphatic rings. The van der Waals surface area contributed by atoms with Gasteiger partial charge >= 0.3 is 0 Å². The van der Waals surface area contributed by atoms with Gasteiger partial charge in [0.15, 0.2) is 11.5 Å². The van der Waals surface area contributed by atoms with Gasteiger partial charge in [-0.15, -0.1) is 0 Å². The summed E-state index contributed by atoms with van der Waals surface area (Å²) >= 11 is 0. The number of para-hydroxylation sites is 1. The number of amides is 2. The van der Waals surface area contributed by atoms with Crippen LogP contribution in [-0.4, -0.2) is 65.0 Å². The average molecular weight is 555 g/mol. The van der Waals surface area contributed by atoms with E-state index in [1.807, 2.05) is 70.6 Å². The van der Waals surface area contributed by atoms with E-state index in [0.717, 1.165) is 60.5 Å². The number of pyridine rings is 1. The molecular formula is C33H38N4O4. The summed E-state index contributed by atoms with van der Waals surface area (Å²) in [6.07, 6.45) is 5.86. The predicted molar refractivity (Wildman–Crippen MR) is 157 cm³/mol. The van der Waals surface area contributed by atoms with E-state index in [4.69, 9.17) is 9.47 Å². The van der Waals surface area contributed by atoms with E-state index in [2.05, 4.69) is 16.0 Å². The van der Waals surface area contributed by atoms with Gasteiger partial charge in [0, 0.05) is 63.5 Å². The van der Waals surface area contributed by atoms with Crippen molar-refractivity contribution in [1.82, 2.24) is 14.8 Å². The maximum absolute atomic E-state index is 14.1. The number of carbonyl (C=O) groups excluding carboxylic acids is 2. The molecule has 8 heteroatoms. The van der Waals surface area contributed by atoms with Gasteiger partial charge < -0.3 is 19.3 Å². The zero-order valence-electron chi connectivity index (χ0n) is 23.7. The second kappa shape index (κ2) is 12.3. The highest BCUT2D eigenvalue weighted by atomic mass is 16.5. The maximum atomic E-state index is 14.1. The van der Waals surface area contributed by atoms with Crippen molar-refractivity contribution in [1.29, 1.82) is 0 Å². The summed E-state index contributed by atoms with van der Waals surface area (Å²) in [7, 11) is 0. The Hall–Kier alpha value is -3.91. The molecule has 214 valence electrons. The van der Waals surface area contributed by atoms with Crippen LogP contribution in [0, 0.1) is 0 Å². The average Bonchev–Trinajstić information content (AvgIpc) is 3.17. The van der Waals surface area contributed by atoms with Gasteiger partial charge in [-0.2, -0.15) is 0 Å². The Kier molecular flexibility index (Phi) is 8.19. The Labute approximate surface area is 241 Å². The lowest BCUT2D eigenvalue weighted by atomic mass is 10.1. The molecule has 1 fully saturated rings. The van der Waals surface area contributed by atoms with Crippen LogP contribution in [0.3, 0.4) is 0 Å². The summed E-state index contributed by atoms with van der Waals surface area (Å²) < 4.78 is 11.7. The first kappa shape index (κ1) is 27.3. The van der Waals surface area contributed by atoms with Crippen LogP contribution >= 0.6 is 0 Å². The van der Waals surface area contributed by atoms with Crippen molar-refractivity contribution in [2.75, 3.05) is 31.2 Å². The number of nitrogens with zero attached hydrogens (tertiary/aromatic N) is 4. The van der Waals surface area contributed by atoms with Crippen molar-refractivity contribution < 1.29 is 19.1 Å². The van der Waals surface area contributed by atoms with Crippen LogP contribution in [0.5, 0.6) is 11.5 Å². The van der Waals surface area contributed by atoms with Crippen LogP contribution in [0.2, 0.25) is 0 Å². The first-order valence-electron chi connectivity index (χ1n) is 14.7. The van der Waals surface area contributed by atoms with Crippen LogP contribution in [0.1, 0.15) is 49.4 Å². The summed E-state index contributed by atoms with van der Waals surface area (Å²) in [6.45, 7) is 5.32. The lowest BCUT2D eigenvalue weighted by molar-refractivity contribution is -0.132. The van der Waals surface area contributed by atoms with Crippen LogP contribution in [0.25, 0.3) is 0 Å². The number of anilines is 1. The fourth-order valence-electron chi connectivity index (χ4n) is 6.41. The van der Waals surface area contributed by atoms with Gasteiger partial charge in [-0.1, -0.05) is 30.3 Å². The molecule has 8 nitrogen and oxygen atoms in total. The second-order valence-corrected chi connectivity index (χ2v) is 11.2. The molecule has 4 heterocycles. The first-order valence-corrected chi connectivity index (χ1v) is 14.7. The zero-order valence-corrected chi connectivity index (χ0v) is 23.7. The van der Waals surface area contributed by atoms with Crippen molar-refractivity contribution in [2.24, 2.45) is 0 Å². The fraction of sp³-hybridized carbons (Fsp3) is 0.424. The quantitative estimate of drug-likeness (QED) is 0.469. The van der Waals surface area contributed by atoms with Crippen LogP contribution < -0.4 is 14.4 Å². The fourth-order valence-corrected chi connectivity index (χ4v) is 6.41. The summed E-state index contributed by atoms with van der Waals surface area (Å²) in [5.74, 6) is 1.51. The Morgan fingerprint density at radius 3 is 2.56 bits per heavy atom. The summed E-state index contributed by atoms with van der Waals surface area (Å²) in [5.41, 5.74) is 3.81. The molecule has 2 atom stereocenters.